The van der Waals surface area contributed by atoms with E-state index in [4.69, 9.17) is 4.74 Å². The van der Waals surface area contributed by atoms with E-state index in [1.807, 2.05) is 38.4 Å². The third-order valence-corrected chi connectivity index (χ3v) is 4.72. The second-order valence-corrected chi connectivity index (χ2v) is 8.16. The first kappa shape index (κ1) is 20.6. The van der Waals surface area contributed by atoms with Crippen LogP contribution in [0.25, 0.3) is 0 Å². The van der Waals surface area contributed by atoms with E-state index in [0.29, 0.717) is 24.0 Å². The molecule has 1 saturated carbocycles. The van der Waals surface area contributed by atoms with E-state index in [2.05, 4.69) is 10.4 Å². The Bertz CT molecular complexity index is 961. The number of hydrogen-bond donors (Lipinski definition) is 1. The molecule has 1 heterocycles. The van der Waals surface area contributed by atoms with Gasteiger partial charge in [0.25, 0.3) is 0 Å². The van der Waals surface area contributed by atoms with Crippen LogP contribution in [-0.4, -0.2) is 28.1 Å². The third kappa shape index (κ3) is 4.48. The van der Waals surface area contributed by atoms with Crippen molar-refractivity contribution in [3.63, 3.8) is 0 Å². The van der Waals surface area contributed by atoms with Gasteiger partial charge in [0.15, 0.2) is 5.92 Å². The number of nitriles is 1. The lowest BCUT2D eigenvalue weighted by Crippen LogP contribution is -2.30. The van der Waals surface area contributed by atoms with Crippen LogP contribution in [0.3, 0.4) is 0 Å². The summed E-state index contributed by atoms with van der Waals surface area (Å²) in [4.78, 5) is 25.7. The summed E-state index contributed by atoms with van der Waals surface area (Å²) in [5.41, 5.74) is 1.27. The van der Waals surface area contributed by atoms with E-state index in [1.165, 1.54) is 0 Å². The lowest BCUT2D eigenvalue weighted by atomic mass is 10.0. The van der Waals surface area contributed by atoms with E-state index in [-0.39, 0.29) is 11.2 Å². The fourth-order valence-electron chi connectivity index (χ4n) is 3.16. The highest BCUT2D eigenvalue weighted by Crippen LogP contribution is 2.42. The molecule has 0 aliphatic heterocycles. The average Bonchev–Trinajstić information content (AvgIpc) is 3.40. The summed E-state index contributed by atoms with van der Waals surface area (Å²) < 4.78 is 7.33. The van der Waals surface area contributed by atoms with Gasteiger partial charge < -0.3 is 10.1 Å². The molecule has 7 heteroatoms. The predicted molar refractivity (Wildman–Crippen MR) is 109 cm³/mol. The summed E-state index contributed by atoms with van der Waals surface area (Å²) in [5.74, 6) is -1.90. The van der Waals surface area contributed by atoms with Gasteiger partial charge in [0.1, 0.15) is 11.4 Å². The van der Waals surface area contributed by atoms with Crippen molar-refractivity contribution in [2.75, 3.05) is 11.9 Å². The molecule has 152 valence electrons. The van der Waals surface area contributed by atoms with Gasteiger partial charge in [-0.1, -0.05) is 12.1 Å². The van der Waals surface area contributed by atoms with Gasteiger partial charge in [0.2, 0.25) is 11.7 Å². The molecule has 1 N–H and O–H groups in total. The Morgan fingerprint density at radius 2 is 2.03 bits per heavy atom. The van der Waals surface area contributed by atoms with Crippen molar-refractivity contribution in [2.24, 2.45) is 5.92 Å². The quantitative estimate of drug-likeness (QED) is 0.568. The topological polar surface area (TPSA) is 97.0 Å². The first-order valence-corrected chi connectivity index (χ1v) is 9.83. The SMILES string of the molecule is CCOc1ccccc1NC(=O)C(C#N)C(=O)c1cc(C2CC2)n(C(C)(C)C)n1. The number of nitrogens with zero attached hydrogens (tertiary/aromatic N) is 3. The summed E-state index contributed by atoms with van der Waals surface area (Å²) in [7, 11) is 0. The molecule has 29 heavy (non-hydrogen) atoms. The van der Waals surface area contributed by atoms with Crippen molar-refractivity contribution < 1.29 is 14.3 Å². The molecule has 1 aromatic carbocycles. The van der Waals surface area contributed by atoms with Gasteiger partial charge in [-0.2, -0.15) is 10.4 Å². The van der Waals surface area contributed by atoms with Crippen molar-refractivity contribution in [1.82, 2.24) is 9.78 Å². The van der Waals surface area contributed by atoms with Gasteiger partial charge in [0, 0.05) is 11.6 Å². The monoisotopic (exact) mass is 394 g/mol. The summed E-state index contributed by atoms with van der Waals surface area (Å²) in [5, 5.41) is 16.6. The molecule has 0 saturated heterocycles. The maximum absolute atomic E-state index is 13.0. The highest BCUT2D eigenvalue weighted by atomic mass is 16.5. The number of anilines is 1. The summed E-state index contributed by atoms with van der Waals surface area (Å²) in [6.07, 6.45) is 2.12. The molecule has 2 aromatic rings. The van der Waals surface area contributed by atoms with Crippen LogP contribution < -0.4 is 10.1 Å². The van der Waals surface area contributed by atoms with Crippen molar-refractivity contribution >= 4 is 17.4 Å². The summed E-state index contributed by atoms with van der Waals surface area (Å²) in [6, 6.07) is 10.5. The van der Waals surface area contributed by atoms with Crippen LogP contribution in [-0.2, 0) is 10.3 Å². The number of ether oxygens (including phenoxy) is 1. The van der Waals surface area contributed by atoms with Crippen LogP contribution >= 0.6 is 0 Å². The molecule has 1 fully saturated rings. The molecule has 1 aromatic heterocycles. The number of para-hydroxylation sites is 2. The van der Waals surface area contributed by atoms with E-state index in [9.17, 15) is 14.9 Å². The zero-order valence-corrected chi connectivity index (χ0v) is 17.2. The molecule has 1 atom stereocenters. The summed E-state index contributed by atoms with van der Waals surface area (Å²) in [6.45, 7) is 8.31. The molecule has 1 amide bonds. The van der Waals surface area contributed by atoms with E-state index in [1.54, 1.807) is 30.3 Å². The van der Waals surface area contributed by atoms with Gasteiger partial charge in [-0.15, -0.1) is 0 Å². The molecule has 1 aliphatic rings. The first-order valence-electron chi connectivity index (χ1n) is 9.83. The molecule has 0 bridgehead atoms. The van der Waals surface area contributed by atoms with E-state index in [0.717, 1.165) is 18.5 Å². The van der Waals surface area contributed by atoms with Crippen LogP contribution in [0.5, 0.6) is 5.75 Å². The van der Waals surface area contributed by atoms with Crippen LogP contribution in [0, 0.1) is 17.2 Å². The Morgan fingerprint density at radius 1 is 1.34 bits per heavy atom. The standard InChI is InChI=1S/C22H26N4O3/c1-5-29-19-9-7-6-8-16(19)24-21(28)15(13-23)20(27)17-12-18(14-10-11-14)26(25-17)22(2,3)4/h6-9,12,14-15H,5,10-11H2,1-4H3,(H,24,28). The minimum Gasteiger partial charge on any atom is -0.492 e. The number of benzene rings is 1. The number of hydrogen-bond acceptors (Lipinski definition) is 5. The highest BCUT2D eigenvalue weighted by molar-refractivity contribution is 6.15. The second-order valence-electron chi connectivity index (χ2n) is 8.16. The highest BCUT2D eigenvalue weighted by Gasteiger charge is 2.35. The van der Waals surface area contributed by atoms with Crippen LogP contribution in [0.1, 0.15) is 62.6 Å². The molecule has 1 aliphatic carbocycles. The number of carbonyl (C=O) groups excluding carboxylic acids is 2. The fraction of sp³-hybridized carbons (Fsp3) is 0.455. The lowest BCUT2D eigenvalue weighted by Gasteiger charge is -2.22. The van der Waals surface area contributed by atoms with Crippen LogP contribution in [0.2, 0.25) is 0 Å². The van der Waals surface area contributed by atoms with E-state index >= 15 is 0 Å². The normalized spacial score (nSPS) is 14.7. The van der Waals surface area contributed by atoms with Gasteiger partial charge in [-0.25, -0.2) is 0 Å². The number of amides is 1. The molecular formula is C22H26N4O3. The van der Waals surface area contributed by atoms with Gasteiger partial charge in [-0.3, -0.25) is 14.3 Å². The number of aromatic nitrogens is 2. The maximum Gasteiger partial charge on any atom is 0.249 e. The number of carbonyl (C=O) groups is 2. The molecule has 7 nitrogen and oxygen atoms in total. The maximum atomic E-state index is 13.0. The number of nitrogens with one attached hydrogen (secondary N) is 1. The number of rotatable bonds is 7. The van der Waals surface area contributed by atoms with Gasteiger partial charge >= 0.3 is 0 Å². The Balaban J connectivity index is 1.84. The van der Waals surface area contributed by atoms with Crippen LogP contribution in [0.4, 0.5) is 5.69 Å². The minimum absolute atomic E-state index is 0.154. The smallest absolute Gasteiger partial charge is 0.249 e. The number of Topliss-reactive ketones (excluding diaryl/α,β-unsaturated/α-hetero) is 1. The summed E-state index contributed by atoms with van der Waals surface area (Å²) >= 11 is 0. The second kappa shape index (κ2) is 8.08. The minimum atomic E-state index is -1.49. The Kier molecular flexibility index (Phi) is 5.73. The Labute approximate surface area is 170 Å². The van der Waals surface area contributed by atoms with Gasteiger partial charge in [0.05, 0.1) is 23.9 Å². The molecule has 0 radical (unpaired) electrons. The number of ketones is 1. The largest absolute Gasteiger partial charge is 0.492 e. The zero-order valence-electron chi connectivity index (χ0n) is 17.2. The third-order valence-electron chi connectivity index (χ3n) is 4.72. The van der Waals surface area contributed by atoms with Crippen molar-refractivity contribution in [1.29, 1.82) is 5.26 Å². The van der Waals surface area contributed by atoms with Crippen molar-refractivity contribution in [2.45, 2.75) is 52.0 Å². The lowest BCUT2D eigenvalue weighted by molar-refractivity contribution is -0.117. The van der Waals surface area contributed by atoms with Gasteiger partial charge in [-0.05, 0) is 58.7 Å². The fourth-order valence-corrected chi connectivity index (χ4v) is 3.16. The van der Waals surface area contributed by atoms with Crippen molar-refractivity contribution in [3.8, 4) is 11.8 Å². The zero-order chi connectivity index (χ0) is 21.2. The molecular weight excluding hydrogens is 368 g/mol. The van der Waals surface area contributed by atoms with Crippen molar-refractivity contribution in [3.05, 3.63) is 41.7 Å². The van der Waals surface area contributed by atoms with Crippen LogP contribution in [0.15, 0.2) is 30.3 Å². The average molecular weight is 394 g/mol. The Hall–Kier alpha value is -3.14. The Morgan fingerprint density at radius 3 is 2.62 bits per heavy atom. The van der Waals surface area contributed by atoms with E-state index < -0.39 is 17.6 Å². The molecule has 0 spiro atoms. The molecule has 3 rings (SSSR count). The first-order chi connectivity index (χ1) is 13.8. The predicted octanol–water partition coefficient (Wildman–Crippen LogP) is 3.88. The molecule has 1 unspecified atom stereocenters.